The zero-order chi connectivity index (χ0) is 14.3. The Kier molecular flexibility index (Phi) is 5.60. The zero-order valence-corrected chi connectivity index (χ0v) is 11.1. The van der Waals surface area contributed by atoms with Crippen LogP contribution >= 0.6 is 0 Å². The molecule has 2 amide bonds. The molecule has 0 aromatic heterocycles. The van der Waals surface area contributed by atoms with Crippen molar-refractivity contribution in [1.82, 2.24) is 4.90 Å². The number of carbonyl (C=O) groups excluding carboxylic acids is 1. The summed E-state index contributed by atoms with van der Waals surface area (Å²) in [5, 5.41) is 11.3. The number of carboxylic acids is 1. The normalized spacial score (nSPS) is 10.4. The predicted molar refractivity (Wildman–Crippen MR) is 75.1 cm³/mol. The Hall–Kier alpha value is -2.30. The molecule has 0 spiro atoms. The molecule has 0 atom stereocenters. The third-order valence-electron chi connectivity index (χ3n) is 2.49. The summed E-state index contributed by atoms with van der Waals surface area (Å²) in [5.41, 5.74) is 1.45. The van der Waals surface area contributed by atoms with Gasteiger partial charge in [0, 0.05) is 25.4 Å². The van der Waals surface area contributed by atoms with E-state index >= 15 is 0 Å². The number of benzene rings is 1. The van der Waals surface area contributed by atoms with Gasteiger partial charge in [-0.05, 0) is 30.2 Å². The topological polar surface area (TPSA) is 69.6 Å². The Morgan fingerprint density at radius 2 is 1.95 bits per heavy atom. The van der Waals surface area contributed by atoms with Gasteiger partial charge in [-0.2, -0.15) is 0 Å². The van der Waals surface area contributed by atoms with Gasteiger partial charge in [0.15, 0.2) is 0 Å². The fraction of sp³-hybridized carbons (Fsp3) is 0.286. The van der Waals surface area contributed by atoms with E-state index in [2.05, 4.69) is 5.32 Å². The number of nitrogens with zero attached hydrogens (tertiary/aromatic N) is 1. The van der Waals surface area contributed by atoms with Crippen LogP contribution in [-0.4, -0.2) is 35.6 Å². The van der Waals surface area contributed by atoms with Crippen LogP contribution in [0, 0.1) is 0 Å². The summed E-state index contributed by atoms with van der Waals surface area (Å²) in [7, 11) is 1.74. The summed E-state index contributed by atoms with van der Waals surface area (Å²) in [6, 6.07) is 6.80. The summed E-state index contributed by atoms with van der Waals surface area (Å²) in [5.74, 6) is -0.987. The van der Waals surface area contributed by atoms with Crippen molar-refractivity contribution in [2.75, 3.05) is 18.9 Å². The van der Waals surface area contributed by atoms with E-state index in [1.54, 1.807) is 36.2 Å². The lowest BCUT2D eigenvalue weighted by Gasteiger charge is -2.16. The van der Waals surface area contributed by atoms with E-state index in [9.17, 15) is 9.59 Å². The number of hydrogen-bond acceptors (Lipinski definition) is 2. The molecule has 0 saturated heterocycles. The fourth-order valence-electron chi connectivity index (χ4n) is 1.50. The van der Waals surface area contributed by atoms with Crippen LogP contribution in [0.3, 0.4) is 0 Å². The van der Waals surface area contributed by atoms with Crippen LogP contribution in [-0.2, 0) is 4.79 Å². The number of amides is 2. The molecule has 0 radical (unpaired) electrons. The van der Waals surface area contributed by atoms with Crippen LogP contribution in [0.25, 0.3) is 6.08 Å². The first-order valence-electron chi connectivity index (χ1n) is 6.06. The van der Waals surface area contributed by atoms with Gasteiger partial charge in [0.1, 0.15) is 0 Å². The summed E-state index contributed by atoms with van der Waals surface area (Å²) in [6.45, 7) is 2.71. The van der Waals surface area contributed by atoms with E-state index in [0.29, 0.717) is 12.2 Å². The highest BCUT2D eigenvalue weighted by atomic mass is 16.4. The van der Waals surface area contributed by atoms with Crippen molar-refractivity contribution in [3.63, 3.8) is 0 Å². The average molecular weight is 262 g/mol. The van der Waals surface area contributed by atoms with Crippen LogP contribution in [0.15, 0.2) is 30.3 Å². The number of hydrogen-bond donors (Lipinski definition) is 2. The Bertz CT molecular complexity index is 466. The first kappa shape index (κ1) is 14.8. The zero-order valence-electron chi connectivity index (χ0n) is 11.1. The molecule has 0 aliphatic rings. The summed E-state index contributed by atoms with van der Waals surface area (Å²) < 4.78 is 0. The molecule has 0 saturated carbocycles. The SMILES string of the molecule is CCCN(C)C(=O)Nc1ccc(/C=C/C(=O)O)cc1. The molecule has 0 unspecified atom stereocenters. The average Bonchev–Trinajstić information content (AvgIpc) is 2.38. The summed E-state index contributed by atoms with van der Waals surface area (Å²) >= 11 is 0. The Balaban J connectivity index is 2.62. The van der Waals surface area contributed by atoms with Crippen LogP contribution in [0.4, 0.5) is 10.5 Å². The number of nitrogens with one attached hydrogen (secondary N) is 1. The van der Waals surface area contributed by atoms with Gasteiger partial charge in [-0.15, -0.1) is 0 Å². The van der Waals surface area contributed by atoms with E-state index < -0.39 is 5.97 Å². The molecule has 0 heterocycles. The molecule has 0 aliphatic heterocycles. The number of urea groups is 1. The second kappa shape index (κ2) is 7.20. The van der Waals surface area contributed by atoms with Gasteiger partial charge in [0.25, 0.3) is 0 Å². The van der Waals surface area contributed by atoms with Crippen LogP contribution in [0.1, 0.15) is 18.9 Å². The number of rotatable bonds is 5. The molecule has 0 bridgehead atoms. The lowest BCUT2D eigenvalue weighted by molar-refractivity contribution is -0.131. The molecule has 2 N–H and O–H groups in total. The van der Waals surface area contributed by atoms with Crippen molar-refractivity contribution in [3.05, 3.63) is 35.9 Å². The van der Waals surface area contributed by atoms with E-state index in [1.165, 1.54) is 6.08 Å². The minimum absolute atomic E-state index is 0.157. The highest BCUT2D eigenvalue weighted by molar-refractivity contribution is 5.89. The van der Waals surface area contributed by atoms with E-state index in [1.807, 2.05) is 6.92 Å². The van der Waals surface area contributed by atoms with Gasteiger partial charge >= 0.3 is 12.0 Å². The summed E-state index contributed by atoms with van der Waals surface area (Å²) in [6.07, 6.45) is 3.47. The minimum Gasteiger partial charge on any atom is -0.478 e. The predicted octanol–water partition coefficient (Wildman–Crippen LogP) is 2.66. The largest absolute Gasteiger partial charge is 0.478 e. The molecule has 1 aromatic carbocycles. The number of aliphatic carboxylic acids is 1. The molecule has 5 nitrogen and oxygen atoms in total. The Morgan fingerprint density at radius 1 is 1.32 bits per heavy atom. The Labute approximate surface area is 112 Å². The third-order valence-corrected chi connectivity index (χ3v) is 2.49. The van der Waals surface area contributed by atoms with Gasteiger partial charge in [-0.3, -0.25) is 0 Å². The van der Waals surface area contributed by atoms with Crippen molar-refractivity contribution in [2.45, 2.75) is 13.3 Å². The monoisotopic (exact) mass is 262 g/mol. The number of carboxylic acid groups (broad SMARTS) is 1. The van der Waals surface area contributed by atoms with Crippen molar-refractivity contribution in [2.24, 2.45) is 0 Å². The second-order valence-electron chi connectivity index (χ2n) is 4.15. The van der Waals surface area contributed by atoms with Gasteiger partial charge in [-0.25, -0.2) is 9.59 Å². The minimum atomic E-state index is -0.987. The van der Waals surface area contributed by atoms with Crippen LogP contribution < -0.4 is 5.32 Å². The Morgan fingerprint density at radius 3 is 2.47 bits per heavy atom. The van der Waals surface area contributed by atoms with Gasteiger partial charge in [-0.1, -0.05) is 19.1 Å². The maximum atomic E-state index is 11.7. The smallest absolute Gasteiger partial charge is 0.328 e. The first-order chi connectivity index (χ1) is 9.02. The van der Waals surface area contributed by atoms with E-state index in [4.69, 9.17) is 5.11 Å². The molecule has 0 fully saturated rings. The number of anilines is 1. The van der Waals surface area contributed by atoms with Gasteiger partial charge < -0.3 is 15.3 Å². The van der Waals surface area contributed by atoms with Crippen molar-refractivity contribution in [1.29, 1.82) is 0 Å². The maximum Gasteiger partial charge on any atom is 0.328 e. The molecule has 19 heavy (non-hydrogen) atoms. The molecule has 1 rings (SSSR count). The maximum absolute atomic E-state index is 11.7. The standard InChI is InChI=1S/C14H18N2O3/c1-3-10-16(2)14(19)15-12-7-4-11(5-8-12)6-9-13(17)18/h4-9H,3,10H2,1-2H3,(H,15,19)(H,17,18)/b9-6+. The van der Waals surface area contributed by atoms with Crippen molar-refractivity contribution >= 4 is 23.8 Å². The number of carbonyl (C=O) groups is 2. The summed E-state index contributed by atoms with van der Waals surface area (Å²) in [4.78, 5) is 23.7. The highest BCUT2D eigenvalue weighted by Gasteiger charge is 2.06. The lowest BCUT2D eigenvalue weighted by atomic mass is 10.2. The molecule has 5 heteroatoms. The lowest BCUT2D eigenvalue weighted by Crippen LogP contribution is -2.31. The third kappa shape index (κ3) is 5.25. The quantitative estimate of drug-likeness (QED) is 0.801. The van der Waals surface area contributed by atoms with E-state index in [0.717, 1.165) is 18.1 Å². The van der Waals surface area contributed by atoms with Crippen molar-refractivity contribution in [3.8, 4) is 0 Å². The van der Waals surface area contributed by atoms with Crippen LogP contribution in [0.5, 0.6) is 0 Å². The fourth-order valence-corrected chi connectivity index (χ4v) is 1.50. The van der Waals surface area contributed by atoms with Crippen molar-refractivity contribution < 1.29 is 14.7 Å². The second-order valence-corrected chi connectivity index (χ2v) is 4.15. The molecule has 1 aromatic rings. The molecule has 102 valence electrons. The molecular weight excluding hydrogens is 244 g/mol. The van der Waals surface area contributed by atoms with Gasteiger partial charge in [0.2, 0.25) is 0 Å². The first-order valence-corrected chi connectivity index (χ1v) is 6.06. The van der Waals surface area contributed by atoms with Gasteiger partial charge in [0.05, 0.1) is 0 Å². The highest BCUT2D eigenvalue weighted by Crippen LogP contribution is 2.11. The molecular formula is C14H18N2O3. The molecule has 0 aliphatic carbocycles. The van der Waals surface area contributed by atoms with E-state index in [-0.39, 0.29) is 6.03 Å². The van der Waals surface area contributed by atoms with Crippen LogP contribution in [0.2, 0.25) is 0 Å².